The molecule has 1 aromatic heterocycles. The van der Waals surface area contributed by atoms with Crippen LogP contribution >= 0.6 is 0 Å². The zero-order valence-electron chi connectivity index (χ0n) is 13.3. The van der Waals surface area contributed by atoms with Crippen molar-refractivity contribution >= 4 is 0 Å². The summed E-state index contributed by atoms with van der Waals surface area (Å²) in [5, 5.41) is 0. The first-order chi connectivity index (χ1) is 9.31. The smallest absolute Gasteiger partial charge is 0.172 e. The molecule has 0 N–H and O–H groups in total. The Morgan fingerprint density at radius 1 is 0.789 bits per heavy atom. The fraction of sp³-hybridized carbons (Fsp3) is 0.722. The number of pyridine rings is 1. The van der Waals surface area contributed by atoms with Gasteiger partial charge in [0.25, 0.3) is 0 Å². The molecule has 0 atom stereocenters. The Balaban J connectivity index is 2.51. The average Bonchev–Trinajstić information content (AvgIpc) is 2.42. The van der Waals surface area contributed by atoms with Crippen LogP contribution in [-0.2, 0) is 19.4 Å². The van der Waals surface area contributed by atoms with Crippen molar-refractivity contribution in [1.29, 1.82) is 0 Å². The summed E-state index contributed by atoms with van der Waals surface area (Å²) < 4.78 is 2.40. The average molecular weight is 262 g/mol. The standard InChI is InChI=1S/C18H32N/c1-4-7-8-9-10-14-19-15-13-17(11-5-2)18(16-19)12-6-3/h13,15-16H,4-12,14H2,1-3H3/q+1. The van der Waals surface area contributed by atoms with E-state index in [9.17, 15) is 0 Å². The van der Waals surface area contributed by atoms with Crippen LogP contribution in [0.3, 0.4) is 0 Å². The summed E-state index contributed by atoms with van der Waals surface area (Å²) in [5.41, 5.74) is 3.13. The highest BCUT2D eigenvalue weighted by molar-refractivity contribution is 5.21. The second-order valence-corrected chi connectivity index (χ2v) is 5.65. The first-order valence-corrected chi connectivity index (χ1v) is 8.32. The lowest BCUT2D eigenvalue weighted by Crippen LogP contribution is -2.33. The molecule has 0 aliphatic carbocycles. The first kappa shape index (κ1) is 16.2. The van der Waals surface area contributed by atoms with Crippen molar-refractivity contribution in [3.63, 3.8) is 0 Å². The van der Waals surface area contributed by atoms with E-state index in [0.717, 1.165) is 0 Å². The Labute approximate surface area is 120 Å². The summed E-state index contributed by atoms with van der Waals surface area (Å²) >= 11 is 0. The third-order valence-electron chi connectivity index (χ3n) is 3.76. The highest BCUT2D eigenvalue weighted by Gasteiger charge is 2.08. The van der Waals surface area contributed by atoms with Crippen LogP contribution in [-0.4, -0.2) is 0 Å². The monoisotopic (exact) mass is 262 g/mol. The highest BCUT2D eigenvalue weighted by atomic mass is 14.9. The van der Waals surface area contributed by atoms with Gasteiger partial charge in [0.05, 0.1) is 0 Å². The number of aryl methyl sites for hydroxylation is 3. The molecule has 1 nitrogen and oxygen atoms in total. The van der Waals surface area contributed by atoms with Crippen molar-refractivity contribution in [3.05, 3.63) is 29.6 Å². The van der Waals surface area contributed by atoms with E-state index in [0.29, 0.717) is 0 Å². The van der Waals surface area contributed by atoms with Gasteiger partial charge in [0.1, 0.15) is 6.54 Å². The van der Waals surface area contributed by atoms with E-state index < -0.39 is 0 Å². The molecule has 19 heavy (non-hydrogen) atoms. The third kappa shape index (κ3) is 6.22. The molecule has 0 spiro atoms. The van der Waals surface area contributed by atoms with Gasteiger partial charge in [-0.15, -0.1) is 0 Å². The molecule has 0 aliphatic heterocycles. The van der Waals surface area contributed by atoms with Gasteiger partial charge >= 0.3 is 0 Å². The Hall–Kier alpha value is -0.850. The van der Waals surface area contributed by atoms with E-state index >= 15 is 0 Å². The predicted octanol–water partition coefficient (Wildman–Crippen LogP) is 4.85. The van der Waals surface area contributed by atoms with Gasteiger partial charge in [-0.05, 0) is 24.8 Å². The third-order valence-corrected chi connectivity index (χ3v) is 3.76. The Morgan fingerprint density at radius 2 is 1.47 bits per heavy atom. The van der Waals surface area contributed by atoms with Crippen LogP contribution in [0.15, 0.2) is 18.5 Å². The fourth-order valence-corrected chi connectivity index (χ4v) is 2.66. The molecule has 0 aliphatic rings. The Morgan fingerprint density at radius 3 is 2.16 bits per heavy atom. The molecule has 1 aromatic rings. The second-order valence-electron chi connectivity index (χ2n) is 5.65. The number of aromatic nitrogens is 1. The lowest BCUT2D eigenvalue weighted by atomic mass is 10.0. The lowest BCUT2D eigenvalue weighted by molar-refractivity contribution is -0.697. The van der Waals surface area contributed by atoms with Gasteiger partial charge in [-0.3, -0.25) is 0 Å². The van der Waals surface area contributed by atoms with E-state index in [-0.39, 0.29) is 0 Å². The minimum absolute atomic E-state index is 1.19. The van der Waals surface area contributed by atoms with Crippen molar-refractivity contribution in [2.24, 2.45) is 0 Å². The van der Waals surface area contributed by atoms with Gasteiger partial charge in [0.2, 0.25) is 0 Å². The maximum absolute atomic E-state index is 2.40. The van der Waals surface area contributed by atoms with E-state index in [1.807, 2.05) is 0 Å². The number of hydrogen-bond donors (Lipinski definition) is 0. The summed E-state index contributed by atoms with van der Waals surface area (Å²) in [6.07, 6.45) is 16.4. The van der Waals surface area contributed by atoms with E-state index in [4.69, 9.17) is 0 Å². The van der Waals surface area contributed by atoms with Gasteiger partial charge in [0.15, 0.2) is 12.4 Å². The predicted molar refractivity (Wildman–Crippen MR) is 83.4 cm³/mol. The van der Waals surface area contributed by atoms with Gasteiger partial charge in [-0.25, -0.2) is 4.57 Å². The molecule has 0 unspecified atom stereocenters. The van der Waals surface area contributed by atoms with E-state index in [1.165, 1.54) is 64.3 Å². The molecule has 0 fully saturated rings. The van der Waals surface area contributed by atoms with Crippen LogP contribution < -0.4 is 4.57 Å². The molecule has 0 bridgehead atoms. The largest absolute Gasteiger partial charge is 0.205 e. The number of rotatable bonds is 10. The minimum Gasteiger partial charge on any atom is -0.205 e. The van der Waals surface area contributed by atoms with Crippen LogP contribution in [0.4, 0.5) is 0 Å². The Kier molecular flexibility index (Phi) is 8.53. The molecular formula is C18H32N+. The van der Waals surface area contributed by atoms with Crippen molar-refractivity contribution in [2.75, 3.05) is 0 Å². The van der Waals surface area contributed by atoms with E-state index in [1.54, 1.807) is 11.1 Å². The molecule has 1 rings (SSSR count). The minimum atomic E-state index is 1.19. The van der Waals surface area contributed by atoms with Crippen LogP contribution in [0.25, 0.3) is 0 Å². The molecular weight excluding hydrogens is 230 g/mol. The molecule has 108 valence electrons. The first-order valence-electron chi connectivity index (χ1n) is 8.32. The van der Waals surface area contributed by atoms with Crippen LogP contribution in [0.1, 0.15) is 76.8 Å². The molecule has 0 saturated heterocycles. The maximum Gasteiger partial charge on any atom is 0.172 e. The summed E-state index contributed by atoms with van der Waals surface area (Å²) in [5.74, 6) is 0. The van der Waals surface area contributed by atoms with Gasteiger partial charge in [0, 0.05) is 18.1 Å². The Bertz CT molecular complexity index is 344. The highest BCUT2D eigenvalue weighted by Crippen LogP contribution is 2.11. The molecule has 1 heteroatoms. The summed E-state index contributed by atoms with van der Waals surface area (Å²) in [4.78, 5) is 0. The van der Waals surface area contributed by atoms with Crippen LogP contribution in [0.2, 0.25) is 0 Å². The summed E-state index contributed by atoms with van der Waals surface area (Å²) in [7, 11) is 0. The molecule has 1 heterocycles. The number of unbranched alkanes of at least 4 members (excludes halogenated alkanes) is 4. The molecule has 0 amide bonds. The zero-order chi connectivity index (χ0) is 13.9. The summed E-state index contributed by atoms with van der Waals surface area (Å²) in [6.45, 7) is 8.01. The van der Waals surface area contributed by atoms with Crippen LogP contribution in [0, 0.1) is 0 Å². The van der Waals surface area contributed by atoms with Crippen molar-refractivity contribution in [1.82, 2.24) is 0 Å². The van der Waals surface area contributed by atoms with Crippen molar-refractivity contribution in [3.8, 4) is 0 Å². The SMILES string of the molecule is CCCCCCC[n+]1ccc(CCC)c(CCC)c1. The van der Waals surface area contributed by atoms with Crippen LogP contribution in [0.5, 0.6) is 0 Å². The lowest BCUT2D eigenvalue weighted by Gasteiger charge is -2.07. The molecule has 0 radical (unpaired) electrons. The number of hydrogen-bond acceptors (Lipinski definition) is 0. The zero-order valence-corrected chi connectivity index (χ0v) is 13.3. The van der Waals surface area contributed by atoms with Gasteiger partial charge in [-0.1, -0.05) is 52.9 Å². The van der Waals surface area contributed by atoms with Crippen molar-refractivity contribution in [2.45, 2.75) is 85.1 Å². The quantitative estimate of drug-likeness (QED) is 0.419. The maximum atomic E-state index is 2.40. The summed E-state index contributed by atoms with van der Waals surface area (Å²) in [6, 6.07) is 2.35. The molecule has 0 aromatic carbocycles. The number of nitrogens with zero attached hydrogens (tertiary/aromatic N) is 1. The van der Waals surface area contributed by atoms with Crippen molar-refractivity contribution < 1.29 is 4.57 Å². The normalized spacial score (nSPS) is 10.9. The van der Waals surface area contributed by atoms with Gasteiger partial charge < -0.3 is 0 Å². The van der Waals surface area contributed by atoms with E-state index in [2.05, 4.69) is 43.8 Å². The molecule has 0 saturated carbocycles. The second kappa shape index (κ2) is 10.00. The fourth-order valence-electron chi connectivity index (χ4n) is 2.66. The topological polar surface area (TPSA) is 3.88 Å². The van der Waals surface area contributed by atoms with Gasteiger partial charge in [-0.2, -0.15) is 0 Å².